The van der Waals surface area contributed by atoms with Gasteiger partial charge in [0.15, 0.2) is 11.5 Å². The third kappa shape index (κ3) is 13.0. The monoisotopic (exact) mass is 1090 g/mol. The number of likely N-dealkylation sites (N-methyl/N-ethyl adjacent to an activating group) is 1. The van der Waals surface area contributed by atoms with Gasteiger partial charge in [-0.15, -0.1) is 0 Å². The Morgan fingerprint density at radius 3 is 2.14 bits per heavy atom. The van der Waals surface area contributed by atoms with Crippen molar-refractivity contribution in [2.45, 2.75) is 103 Å². The molecule has 14 nitrogen and oxygen atoms in total. The minimum absolute atomic E-state index is 0.00850. The second-order valence-electron chi connectivity index (χ2n) is 21.1. The smallest absolute Gasteiger partial charge is 0.260 e. The van der Waals surface area contributed by atoms with Crippen LogP contribution in [0.25, 0.3) is 0 Å². The molecule has 410 valence electrons. The highest BCUT2D eigenvalue weighted by Crippen LogP contribution is 2.44. The van der Waals surface area contributed by atoms with E-state index in [0.29, 0.717) is 105 Å². The van der Waals surface area contributed by atoms with Crippen LogP contribution < -0.4 is 39.1 Å². The van der Waals surface area contributed by atoms with Crippen molar-refractivity contribution in [3.8, 4) is 17.2 Å². The van der Waals surface area contributed by atoms with Crippen LogP contribution in [-0.4, -0.2) is 120 Å². The third-order valence-electron chi connectivity index (χ3n) is 14.9. The number of ether oxygens (including phenoxy) is 6. The number of nitrogens with one attached hydrogen (secondary N) is 1. The Balaban J connectivity index is 1.00. The Hall–Kier alpha value is -5.91. The van der Waals surface area contributed by atoms with Crippen LogP contribution in [0.1, 0.15) is 95.5 Å². The van der Waals surface area contributed by atoms with Gasteiger partial charge in [-0.25, -0.2) is 0 Å². The lowest BCUT2D eigenvalue weighted by molar-refractivity contribution is -0.118. The number of carbonyl (C=O) groups is 3. The molecule has 9 rings (SSSR count). The first-order valence-electron chi connectivity index (χ1n) is 27.0. The second-order valence-corrected chi connectivity index (χ2v) is 24.2. The molecular formula is C61H75N5O9S2. The van der Waals surface area contributed by atoms with Gasteiger partial charge in [0.25, 0.3) is 11.8 Å². The number of ketones is 1. The molecule has 1 unspecified atom stereocenters. The molecule has 77 heavy (non-hydrogen) atoms. The fourth-order valence-corrected chi connectivity index (χ4v) is 13.6. The maximum absolute atomic E-state index is 14.4. The zero-order valence-electron chi connectivity index (χ0n) is 46.0. The van der Waals surface area contributed by atoms with Gasteiger partial charge in [0.1, 0.15) is 24.7 Å². The Morgan fingerprint density at radius 1 is 0.766 bits per heavy atom. The first-order chi connectivity index (χ1) is 37.2. The number of hydrogen-bond donors (Lipinski definition) is 1. The van der Waals surface area contributed by atoms with Crippen LogP contribution in [0.15, 0.2) is 91.0 Å². The van der Waals surface area contributed by atoms with Crippen LogP contribution in [0.5, 0.6) is 17.2 Å². The molecule has 4 heterocycles. The lowest BCUT2D eigenvalue weighted by atomic mass is 10.0. The first kappa shape index (κ1) is 55.8. The van der Waals surface area contributed by atoms with Crippen LogP contribution in [0.3, 0.4) is 0 Å². The van der Waals surface area contributed by atoms with Gasteiger partial charge in [-0.2, -0.15) is 0 Å². The largest absolute Gasteiger partial charge is 0.493 e. The molecule has 4 aliphatic heterocycles. The van der Waals surface area contributed by atoms with E-state index >= 15 is 0 Å². The molecule has 0 spiro atoms. The predicted octanol–water partition coefficient (Wildman–Crippen LogP) is 11.0. The topological polar surface area (TPSA) is 132 Å². The van der Waals surface area contributed by atoms with E-state index in [1.807, 2.05) is 93.8 Å². The third-order valence-corrected chi connectivity index (χ3v) is 18.2. The number of benzene rings is 5. The summed E-state index contributed by atoms with van der Waals surface area (Å²) in [6, 6.07) is 30.5. The van der Waals surface area contributed by atoms with E-state index in [9.17, 15) is 14.4 Å². The number of aryl methyl sites for hydroxylation is 1. The van der Waals surface area contributed by atoms with E-state index in [2.05, 4.69) is 79.3 Å². The average molecular weight is 1090 g/mol. The number of hydrogen-bond acceptors (Lipinski definition) is 14. The van der Waals surface area contributed by atoms with Crippen LogP contribution in [0.4, 0.5) is 28.4 Å². The highest BCUT2D eigenvalue weighted by Gasteiger charge is 2.42. The maximum Gasteiger partial charge on any atom is 0.260 e. The van der Waals surface area contributed by atoms with Crippen LogP contribution in [-0.2, 0) is 45.1 Å². The second kappa shape index (κ2) is 25.3. The molecule has 0 radical (unpaired) electrons. The van der Waals surface area contributed by atoms with E-state index in [1.165, 1.54) is 11.1 Å². The van der Waals surface area contributed by atoms with E-state index < -0.39 is 0 Å². The lowest BCUT2D eigenvalue weighted by Crippen LogP contribution is -2.44. The quantitative estimate of drug-likeness (QED) is 0.0416. The summed E-state index contributed by atoms with van der Waals surface area (Å²) in [6.07, 6.45) is 3.62. The summed E-state index contributed by atoms with van der Waals surface area (Å²) in [5.74, 6) is 2.81. The van der Waals surface area contributed by atoms with Gasteiger partial charge in [-0.3, -0.25) is 14.4 Å². The highest BCUT2D eigenvalue weighted by molar-refractivity contribution is 8.77. The molecule has 2 amide bonds. The molecule has 0 saturated heterocycles. The number of para-hydroxylation sites is 2. The van der Waals surface area contributed by atoms with Gasteiger partial charge in [-0.1, -0.05) is 64.9 Å². The normalized spacial score (nSPS) is 17.4. The van der Waals surface area contributed by atoms with Gasteiger partial charge >= 0.3 is 0 Å². The van der Waals surface area contributed by atoms with Crippen molar-refractivity contribution in [1.29, 1.82) is 0 Å². The van der Waals surface area contributed by atoms with Crippen LogP contribution in [0, 0.1) is 6.92 Å². The maximum atomic E-state index is 14.4. The van der Waals surface area contributed by atoms with Crippen LogP contribution >= 0.6 is 21.6 Å². The number of anilines is 5. The molecule has 0 aliphatic carbocycles. The minimum atomic E-state index is -0.195. The Bertz CT molecular complexity index is 2920. The Kier molecular flexibility index (Phi) is 18.3. The summed E-state index contributed by atoms with van der Waals surface area (Å²) in [5, 5.41) is 3.66. The van der Waals surface area contributed by atoms with Gasteiger partial charge in [-0.05, 0) is 117 Å². The van der Waals surface area contributed by atoms with E-state index in [4.69, 9.17) is 28.4 Å². The number of Topliss-reactive ketones (excluding diaryl/α,β-unsaturated/α-hetero) is 1. The molecule has 0 bridgehead atoms. The van der Waals surface area contributed by atoms with Crippen molar-refractivity contribution >= 4 is 67.6 Å². The fourth-order valence-electron chi connectivity index (χ4n) is 11.0. The lowest BCUT2D eigenvalue weighted by Gasteiger charge is -2.34. The fraction of sp³-hybridized carbons (Fsp3) is 0.459. The minimum Gasteiger partial charge on any atom is -0.493 e. The molecule has 5 aromatic rings. The number of amides is 2. The molecular weight excluding hydrogens is 1010 g/mol. The van der Waals surface area contributed by atoms with Crippen molar-refractivity contribution in [3.05, 3.63) is 130 Å². The molecule has 0 fully saturated rings. The summed E-state index contributed by atoms with van der Waals surface area (Å²) in [5.41, 5.74) is 10.8. The number of carbonyl (C=O) groups excluding carboxylic acids is 3. The molecule has 16 heteroatoms. The molecule has 4 aliphatic rings. The molecule has 0 aromatic heterocycles. The van der Waals surface area contributed by atoms with Crippen molar-refractivity contribution in [1.82, 2.24) is 0 Å². The molecule has 1 N–H and O–H groups in total. The number of rotatable bonds is 26. The zero-order chi connectivity index (χ0) is 54.2. The summed E-state index contributed by atoms with van der Waals surface area (Å²) in [7, 11) is 8.97. The van der Waals surface area contributed by atoms with Gasteiger partial charge in [0, 0.05) is 92.4 Å². The molecule has 0 saturated carbocycles. The van der Waals surface area contributed by atoms with Crippen molar-refractivity contribution < 1.29 is 42.8 Å². The first-order valence-corrected chi connectivity index (χ1v) is 29.3. The van der Waals surface area contributed by atoms with Crippen molar-refractivity contribution in [2.75, 3.05) is 105 Å². The Labute approximate surface area is 462 Å². The Morgan fingerprint density at radius 2 is 1.43 bits per heavy atom. The van der Waals surface area contributed by atoms with E-state index in [-0.39, 0.29) is 47.9 Å². The summed E-state index contributed by atoms with van der Waals surface area (Å²) in [6.45, 7) is 15.4. The van der Waals surface area contributed by atoms with E-state index in [1.54, 1.807) is 20.3 Å². The molecule has 3 atom stereocenters. The van der Waals surface area contributed by atoms with Crippen molar-refractivity contribution in [2.24, 2.45) is 0 Å². The summed E-state index contributed by atoms with van der Waals surface area (Å²) < 4.78 is 36.3. The van der Waals surface area contributed by atoms with Crippen LogP contribution in [0.2, 0.25) is 0 Å². The summed E-state index contributed by atoms with van der Waals surface area (Å²) >= 11 is 0. The molecule has 5 aromatic carbocycles. The predicted molar refractivity (Wildman–Crippen MR) is 312 cm³/mol. The number of fused-ring (bicyclic) bond motifs is 8. The SMILES string of the molecule is CCC(=O)CCCSSC(C)(C)CN(CCOCCOCCOC)c1cc(COc2cc3c(cc2C)C(=O)N2c4ccccc4C[C@H]2CN3C)cc(COc2cc3c(cc2OC)C(=O)N2c4ccccc4C[C@H]2C(C)N3)c1. The van der Waals surface area contributed by atoms with Gasteiger partial charge in [0.05, 0.1) is 74.7 Å². The summed E-state index contributed by atoms with van der Waals surface area (Å²) in [4.78, 5) is 49.3. The highest BCUT2D eigenvalue weighted by atomic mass is 33.1. The zero-order valence-corrected chi connectivity index (χ0v) is 47.6. The van der Waals surface area contributed by atoms with Crippen molar-refractivity contribution in [3.63, 3.8) is 0 Å². The average Bonchev–Trinajstić information content (AvgIpc) is 3.98. The van der Waals surface area contributed by atoms with Gasteiger partial charge < -0.3 is 53.3 Å². The number of methoxy groups -OCH3 is 2. The van der Waals surface area contributed by atoms with Gasteiger partial charge in [0.2, 0.25) is 0 Å². The van der Waals surface area contributed by atoms with E-state index in [0.717, 1.165) is 64.5 Å². The number of nitrogens with zero attached hydrogens (tertiary/aromatic N) is 4. The standard InChI is InChI=1S/C61H75N5O9S2/c1-9-48(67)17-14-26-76-77-61(4,5)39-64(20-21-72-24-25-73-23-22-70-7)46-29-42(37-74-56-35-55-50(27-40(56)2)60(69)65-47(36-63(55)6)31-44-15-10-12-18-52(44)65)28-43(30-46)38-75-58-34-51-49(33-57(58)71-8)59(68)66-53-19-13-11-16-45(53)32-54(66)41(3)62-51/h10-13,15-16,18-19,27-30,33-35,41,47,54,62H,9,14,17,20-26,31-32,36-39H2,1-8H3/t41?,47-,54-/m0/s1.